The van der Waals surface area contributed by atoms with Crippen molar-refractivity contribution in [1.82, 2.24) is 15.5 Å². The summed E-state index contributed by atoms with van der Waals surface area (Å²) in [6, 6.07) is 4.12. The second kappa shape index (κ2) is 10.9. The highest BCUT2D eigenvalue weighted by molar-refractivity contribution is 9.10. The third-order valence-corrected chi connectivity index (χ3v) is 4.35. The molecule has 1 fully saturated rings. The van der Waals surface area contributed by atoms with Gasteiger partial charge in [-0.15, -0.1) is 12.4 Å². The quantitative estimate of drug-likeness (QED) is 0.659. The molecule has 1 amide bonds. The van der Waals surface area contributed by atoms with Gasteiger partial charge in [0, 0.05) is 32.7 Å². The average Bonchev–Trinajstić information content (AvgIpc) is 2.55. The Kier molecular flexibility index (Phi) is 9.58. The van der Waals surface area contributed by atoms with Crippen molar-refractivity contribution in [3.8, 4) is 5.75 Å². The van der Waals surface area contributed by atoms with E-state index in [1.165, 1.54) is 18.2 Å². The average molecular weight is 425 g/mol. The van der Waals surface area contributed by atoms with Gasteiger partial charge in [-0.3, -0.25) is 4.79 Å². The number of hydrogen-bond acceptors (Lipinski definition) is 4. The van der Waals surface area contributed by atoms with Gasteiger partial charge >= 0.3 is 0 Å². The van der Waals surface area contributed by atoms with Gasteiger partial charge in [0.15, 0.2) is 6.10 Å². The van der Waals surface area contributed by atoms with Crippen molar-refractivity contribution in [2.75, 3.05) is 39.3 Å². The molecule has 0 radical (unpaired) electrons. The van der Waals surface area contributed by atoms with Crippen molar-refractivity contribution >= 4 is 34.2 Å². The molecule has 1 aromatic carbocycles. The van der Waals surface area contributed by atoms with Crippen LogP contribution < -0.4 is 15.4 Å². The van der Waals surface area contributed by atoms with E-state index in [4.69, 9.17) is 4.74 Å². The van der Waals surface area contributed by atoms with Gasteiger partial charge < -0.3 is 20.3 Å². The molecule has 1 atom stereocenters. The van der Waals surface area contributed by atoms with E-state index in [-0.39, 0.29) is 24.1 Å². The minimum Gasteiger partial charge on any atom is -0.480 e. The molecule has 0 aromatic heterocycles. The molecule has 0 aliphatic carbocycles. The predicted octanol–water partition coefficient (Wildman–Crippen LogP) is 2.19. The Bertz CT molecular complexity index is 530. The summed E-state index contributed by atoms with van der Waals surface area (Å²) in [7, 11) is 0. The monoisotopic (exact) mass is 423 g/mol. The molecule has 1 unspecified atom stereocenters. The first-order valence-electron chi connectivity index (χ1n) is 7.89. The number of amides is 1. The van der Waals surface area contributed by atoms with Crippen LogP contribution in [-0.4, -0.2) is 56.2 Å². The molecular weight excluding hydrogens is 401 g/mol. The lowest BCUT2D eigenvalue weighted by molar-refractivity contribution is -0.127. The third kappa shape index (κ3) is 6.93. The van der Waals surface area contributed by atoms with Gasteiger partial charge in [0.25, 0.3) is 5.91 Å². The van der Waals surface area contributed by atoms with Crippen molar-refractivity contribution in [3.63, 3.8) is 0 Å². The molecule has 2 N–H and O–H groups in total. The minimum atomic E-state index is -0.629. The fraction of sp³-hybridized carbons (Fsp3) is 0.562. The number of halogens is 3. The lowest BCUT2D eigenvalue weighted by atomic mass is 10.3. The van der Waals surface area contributed by atoms with E-state index in [0.29, 0.717) is 16.8 Å². The summed E-state index contributed by atoms with van der Waals surface area (Å²) in [6.45, 7) is 7.48. The number of nitrogens with zero attached hydrogens (tertiary/aromatic N) is 1. The number of rotatable bonds is 7. The zero-order valence-corrected chi connectivity index (χ0v) is 16.1. The number of carbonyl (C=O) groups excluding carboxylic acids is 1. The second-order valence-electron chi connectivity index (χ2n) is 5.57. The zero-order chi connectivity index (χ0) is 16.7. The summed E-state index contributed by atoms with van der Waals surface area (Å²) in [5.74, 6) is -0.0642. The summed E-state index contributed by atoms with van der Waals surface area (Å²) in [5, 5.41) is 6.19. The van der Waals surface area contributed by atoms with Crippen molar-refractivity contribution in [2.45, 2.75) is 19.4 Å². The minimum absolute atomic E-state index is 0. The summed E-state index contributed by atoms with van der Waals surface area (Å²) >= 11 is 3.23. The molecule has 2 rings (SSSR count). The largest absolute Gasteiger partial charge is 0.480 e. The zero-order valence-electron chi connectivity index (χ0n) is 13.7. The molecule has 0 spiro atoms. The predicted molar refractivity (Wildman–Crippen MR) is 98.4 cm³/mol. The maximum atomic E-state index is 13.0. The highest BCUT2D eigenvalue weighted by Gasteiger charge is 2.16. The maximum Gasteiger partial charge on any atom is 0.260 e. The van der Waals surface area contributed by atoms with Gasteiger partial charge in [-0.1, -0.05) is 0 Å². The number of benzene rings is 1. The molecule has 1 aromatic rings. The first-order valence-corrected chi connectivity index (χ1v) is 8.68. The van der Waals surface area contributed by atoms with Crippen LogP contribution in [0.15, 0.2) is 22.7 Å². The number of piperazine rings is 1. The van der Waals surface area contributed by atoms with Crippen LogP contribution in [0.1, 0.15) is 13.3 Å². The van der Waals surface area contributed by atoms with E-state index >= 15 is 0 Å². The fourth-order valence-corrected chi connectivity index (χ4v) is 2.85. The van der Waals surface area contributed by atoms with Gasteiger partial charge in [0.1, 0.15) is 11.6 Å². The van der Waals surface area contributed by atoms with Gasteiger partial charge in [-0.05, 0) is 54.0 Å². The molecule has 24 heavy (non-hydrogen) atoms. The number of carbonyl (C=O) groups is 1. The third-order valence-electron chi connectivity index (χ3n) is 3.73. The van der Waals surface area contributed by atoms with E-state index in [9.17, 15) is 9.18 Å². The number of hydrogen-bond donors (Lipinski definition) is 2. The van der Waals surface area contributed by atoms with E-state index in [2.05, 4.69) is 31.5 Å². The van der Waals surface area contributed by atoms with Crippen LogP contribution in [0.3, 0.4) is 0 Å². The topological polar surface area (TPSA) is 53.6 Å². The van der Waals surface area contributed by atoms with Crippen LogP contribution in [0.25, 0.3) is 0 Å². The Morgan fingerprint density at radius 1 is 1.46 bits per heavy atom. The van der Waals surface area contributed by atoms with Crippen LogP contribution in [0.4, 0.5) is 4.39 Å². The van der Waals surface area contributed by atoms with Crippen molar-refractivity contribution in [2.24, 2.45) is 0 Å². The van der Waals surface area contributed by atoms with Gasteiger partial charge in [0.2, 0.25) is 0 Å². The molecule has 1 aliphatic heterocycles. The Morgan fingerprint density at radius 3 is 2.83 bits per heavy atom. The first-order chi connectivity index (χ1) is 11.1. The second-order valence-corrected chi connectivity index (χ2v) is 6.43. The lowest BCUT2D eigenvalue weighted by Crippen LogP contribution is -2.44. The van der Waals surface area contributed by atoms with Crippen LogP contribution >= 0.6 is 28.3 Å². The van der Waals surface area contributed by atoms with Crippen LogP contribution in [0.2, 0.25) is 0 Å². The molecule has 1 heterocycles. The summed E-state index contributed by atoms with van der Waals surface area (Å²) in [6.07, 6.45) is 0.287. The van der Waals surface area contributed by atoms with Crippen molar-refractivity contribution in [3.05, 3.63) is 28.5 Å². The molecule has 136 valence electrons. The van der Waals surface area contributed by atoms with Crippen LogP contribution in [0, 0.1) is 5.82 Å². The van der Waals surface area contributed by atoms with E-state index in [1.54, 1.807) is 6.92 Å². The number of ether oxygens (including phenoxy) is 1. The molecular formula is C16H24BrClFN3O2. The fourth-order valence-electron chi connectivity index (χ4n) is 2.41. The smallest absolute Gasteiger partial charge is 0.260 e. The van der Waals surface area contributed by atoms with Crippen LogP contribution in [0.5, 0.6) is 5.75 Å². The Labute approximate surface area is 156 Å². The summed E-state index contributed by atoms with van der Waals surface area (Å²) in [4.78, 5) is 14.4. The summed E-state index contributed by atoms with van der Waals surface area (Å²) in [5.41, 5.74) is 0. The van der Waals surface area contributed by atoms with E-state index in [1.807, 2.05) is 0 Å². The summed E-state index contributed by atoms with van der Waals surface area (Å²) < 4.78 is 19.1. The van der Waals surface area contributed by atoms with Crippen molar-refractivity contribution < 1.29 is 13.9 Å². The lowest BCUT2D eigenvalue weighted by Gasteiger charge is -2.27. The van der Waals surface area contributed by atoms with Gasteiger partial charge in [0.05, 0.1) is 4.47 Å². The highest BCUT2D eigenvalue weighted by Crippen LogP contribution is 2.26. The standard InChI is InChI=1S/C16H23BrFN3O2.ClH/c1-12(23-15-4-3-13(18)11-14(15)17)16(22)20-5-2-8-21-9-6-19-7-10-21;/h3-4,11-12,19H,2,5-10H2,1H3,(H,20,22);1H. The van der Waals surface area contributed by atoms with E-state index < -0.39 is 6.10 Å². The van der Waals surface area contributed by atoms with Gasteiger partial charge in [-0.2, -0.15) is 0 Å². The SMILES string of the molecule is CC(Oc1ccc(F)cc1Br)C(=O)NCCCN1CCNCC1.Cl. The molecule has 1 aliphatic rings. The molecule has 8 heteroatoms. The Hall–Kier alpha value is -0.890. The van der Waals surface area contributed by atoms with Crippen LogP contribution in [-0.2, 0) is 4.79 Å². The molecule has 0 saturated carbocycles. The highest BCUT2D eigenvalue weighted by atomic mass is 79.9. The van der Waals surface area contributed by atoms with Crippen molar-refractivity contribution in [1.29, 1.82) is 0 Å². The maximum absolute atomic E-state index is 13.0. The first kappa shape index (κ1) is 21.2. The van der Waals surface area contributed by atoms with Gasteiger partial charge in [-0.25, -0.2) is 4.39 Å². The number of nitrogens with one attached hydrogen (secondary N) is 2. The molecule has 1 saturated heterocycles. The normalized spacial score (nSPS) is 16.1. The molecule has 0 bridgehead atoms. The molecule has 5 nitrogen and oxygen atoms in total. The van der Waals surface area contributed by atoms with E-state index in [0.717, 1.165) is 39.1 Å². The Morgan fingerprint density at radius 2 is 2.17 bits per heavy atom. The Balaban J connectivity index is 0.00000288.